The lowest BCUT2D eigenvalue weighted by atomic mass is 9.89. The lowest BCUT2D eigenvalue weighted by Gasteiger charge is -2.39. The Balaban J connectivity index is 1.29. The van der Waals surface area contributed by atoms with Crippen molar-refractivity contribution in [3.05, 3.63) is 51.4 Å². The zero-order valence-corrected chi connectivity index (χ0v) is 23.6. The summed E-state index contributed by atoms with van der Waals surface area (Å²) >= 11 is 6.36. The van der Waals surface area contributed by atoms with Gasteiger partial charge in [0.25, 0.3) is 11.5 Å². The molecule has 9 nitrogen and oxygen atoms in total. The number of ether oxygens (including phenoxy) is 3. The molecule has 3 aliphatic rings. The third kappa shape index (κ3) is 6.90. The Hall–Kier alpha value is -2.74. The first kappa shape index (κ1) is 30.7. The molecule has 14 heteroatoms. The Labute approximate surface area is 245 Å². The fraction of sp³-hybridized carbons (Fsp3) is 0.607. The first-order chi connectivity index (χ1) is 20.1. The van der Waals surface area contributed by atoms with Crippen molar-refractivity contribution in [2.75, 3.05) is 49.8 Å². The highest BCUT2D eigenvalue weighted by Gasteiger charge is 2.37. The second-order valence-electron chi connectivity index (χ2n) is 10.9. The molecule has 1 N–H and O–H groups in total. The Morgan fingerprint density at radius 3 is 2.48 bits per heavy atom. The van der Waals surface area contributed by atoms with Gasteiger partial charge in [-0.15, -0.1) is 0 Å². The standard InChI is InChI=1S/C28H33ClF4N4O5/c29-24-22(34-16-27(30)10-1-11-41-17-27)14-35-37(26(24)39)21-8-6-20(7-9-21)36(25(38)23-15-40-12-13-42-23)19-4-2-18(3-5-19)28(31,32)33/h2-5,14,20-21,23,34H,1,6-13,15-17H2/t20-,21-,23-,27+/m1/s1. The normalized spacial score (nSPS) is 26.9. The average Bonchev–Trinajstić information content (AvgIpc) is 2.99. The molecule has 0 radical (unpaired) electrons. The van der Waals surface area contributed by atoms with Crippen molar-refractivity contribution in [3.8, 4) is 0 Å². The summed E-state index contributed by atoms with van der Waals surface area (Å²) in [5.74, 6) is -0.388. The number of anilines is 2. The van der Waals surface area contributed by atoms with Gasteiger partial charge in [-0.3, -0.25) is 9.59 Å². The number of rotatable bonds is 7. The molecule has 3 fully saturated rings. The average molecular weight is 617 g/mol. The van der Waals surface area contributed by atoms with E-state index >= 15 is 0 Å². The molecule has 2 saturated heterocycles. The highest BCUT2D eigenvalue weighted by molar-refractivity contribution is 6.32. The summed E-state index contributed by atoms with van der Waals surface area (Å²) in [6.07, 6.45) is -1.16. The van der Waals surface area contributed by atoms with Gasteiger partial charge in [0.2, 0.25) is 0 Å². The molecule has 1 aliphatic carbocycles. The molecule has 1 aromatic carbocycles. The van der Waals surface area contributed by atoms with Crippen molar-refractivity contribution in [3.63, 3.8) is 0 Å². The number of carbonyl (C=O) groups excluding carboxylic acids is 1. The second-order valence-corrected chi connectivity index (χ2v) is 11.3. The van der Waals surface area contributed by atoms with Crippen molar-refractivity contribution in [1.82, 2.24) is 9.78 Å². The minimum atomic E-state index is -4.50. The van der Waals surface area contributed by atoms with E-state index in [0.717, 1.165) is 12.1 Å². The quantitative estimate of drug-likeness (QED) is 0.448. The fourth-order valence-corrected chi connectivity index (χ4v) is 5.92. The van der Waals surface area contributed by atoms with Crippen LogP contribution in [0.5, 0.6) is 0 Å². The lowest BCUT2D eigenvalue weighted by Crippen LogP contribution is -2.51. The zero-order valence-electron chi connectivity index (χ0n) is 22.9. The molecule has 1 amide bonds. The van der Waals surface area contributed by atoms with Gasteiger partial charge in [0.1, 0.15) is 5.02 Å². The Bertz CT molecular complexity index is 1290. The maximum Gasteiger partial charge on any atom is 0.416 e. The zero-order chi connectivity index (χ0) is 29.9. The van der Waals surface area contributed by atoms with E-state index in [-0.39, 0.29) is 55.1 Å². The summed E-state index contributed by atoms with van der Waals surface area (Å²) < 4.78 is 72.0. The molecule has 2 aromatic rings. The van der Waals surface area contributed by atoms with Gasteiger partial charge in [-0.2, -0.15) is 18.3 Å². The number of alkyl halides is 4. The van der Waals surface area contributed by atoms with Gasteiger partial charge in [0.15, 0.2) is 11.8 Å². The minimum absolute atomic E-state index is 0.0305. The van der Waals surface area contributed by atoms with E-state index < -0.39 is 29.1 Å². The Morgan fingerprint density at radius 1 is 1.12 bits per heavy atom. The Morgan fingerprint density at radius 2 is 1.86 bits per heavy atom. The van der Waals surface area contributed by atoms with Crippen LogP contribution in [0.15, 0.2) is 35.3 Å². The highest BCUT2D eigenvalue weighted by Crippen LogP contribution is 2.36. The van der Waals surface area contributed by atoms with E-state index in [0.29, 0.717) is 57.4 Å². The van der Waals surface area contributed by atoms with Gasteiger partial charge >= 0.3 is 6.18 Å². The van der Waals surface area contributed by atoms with Crippen LogP contribution in [-0.4, -0.2) is 73.1 Å². The maximum atomic E-state index is 14.9. The number of hydrogen-bond donors (Lipinski definition) is 1. The van der Waals surface area contributed by atoms with E-state index in [2.05, 4.69) is 10.4 Å². The summed E-state index contributed by atoms with van der Waals surface area (Å²) in [4.78, 5) is 28.1. The predicted molar refractivity (Wildman–Crippen MR) is 147 cm³/mol. The molecule has 42 heavy (non-hydrogen) atoms. The smallest absolute Gasteiger partial charge is 0.379 e. The predicted octanol–water partition coefficient (Wildman–Crippen LogP) is 4.78. The molecule has 0 bridgehead atoms. The van der Waals surface area contributed by atoms with Crippen LogP contribution < -0.4 is 15.8 Å². The third-order valence-electron chi connectivity index (χ3n) is 7.99. The first-order valence-electron chi connectivity index (χ1n) is 14.0. The monoisotopic (exact) mass is 616 g/mol. The number of carbonyl (C=O) groups is 1. The molecule has 1 saturated carbocycles. The molecular formula is C28H33ClF4N4O5. The van der Waals surface area contributed by atoms with Gasteiger partial charge in [0.05, 0.1) is 56.5 Å². The van der Waals surface area contributed by atoms with E-state index in [9.17, 15) is 27.2 Å². The summed E-state index contributed by atoms with van der Waals surface area (Å²) in [5.41, 5.74) is -2.31. The van der Waals surface area contributed by atoms with Crippen LogP contribution >= 0.6 is 11.6 Å². The minimum Gasteiger partial charge on any atom is -0.379 e. The molecule has 0 unspecified atom stereocenters. The Kier molecular flexibility index (Phi) is 9.41. The molecule has 2 aliphatic heterocycles. The van der Waals surface area contributed by atoms with Crippen LogP contribution in [0.4, 0.5) is 28.9 Å². The number of amides is 1. The SMILES string of the molecule is O=C([C@H]1COCCO1)N(c1ccc(C(F)(F)F)cc1)[C@H]1CC[C@H](n2ncc(NC[C@@]3(F)CCCOC3)c(Cl)c2=O)CC1. The maximum absolute atomic E-state index is 14.9. The largest absolute Gasteiger partial charge is 0.416 e. The van der Waals surface area contributed by atoms with Gasteiger partial charge in [-0.1, -0.05) is 11.6 Å². The number of hydrogen-bond acceptors (Lipinski definition) is 7. The number of aromatic nitrogens is 2. The molecular weight excluding hydrogens is 584 g/mol. The number of benzene rings is 1. The molecule has 1 aromatic heterocycles. The fourth-order valence-electron chi connectivity index (χ4n) is 5.72. The molecule has 3 heterocycles. The van der Waals surface area contributed by atoms with E-state index in [1.54, 1.807) is 0 Å². The van der Waals surface area contributed by atoms with Crippen molar-refractivity contribution in [2.45, 2.75) is 68.6 Å². The van der Waals surface area contributed by atoms with Crippen molar-refractivity contribution < 1.29 is 36.6 Å². The van der Waals surface area contributed by atoms with Crippen LogP contribution in [0.25, 0.3) is 0 Å². The molecule has 230 valence electrons. The summed E-state index contributed by atoms with van der Waals surface area (Å²) in [7, 11) is 0. The number of nitrogens with one attached hydrogen (secondary N) is 1. The lowest BCUT2D eigenvalue weighted by molar-refractivity contribution is -0.145. The summed E-state index contributed by atoms with van der Waals surface area (Å²) in [6.45, 7) is 1.08. The van der Waals surface area contributed by atoms with Crippen molar-refractivity contribution in [2.24, 2.45) is 0 Å². The van der Waals surface area contributed by atoms with Crippen molar-refractivity contribution >= 4 is 28.9 Å². The van der Waals surface area contributed by atoms with Crippen LogP contribution in [0, 0.1) is 0 Å². The van der Waals surface area contributed by atoms with Gasteiger partial charge in [0, 0.05) is 18.3 Å². The summed E-state index contributed by atoms with van der Waals surface area (Å²) in [6, 6.07) is 3.82. The van der Waals surface area contributed by atoms with Gasteiger partial charge in [-0.25, -0.2) is 9.07 Å². The van der Waals surface area contributed by atoms with Gasteiger partial charge < -0.3 is 24.4 Å². The van der Waals surface area contributed by atoms with Crippen LogP contribution in [0.3, 0.4) is 0 Å². The van der Waals surface area contributed by atoms with Crippen molar-refractivity contribution in [1.29, 1.82) is 0 Å². The first-order valence-corrected chi connectivity index (χ1v) is 14.4. The molecule has 2 atom stereocenters. The number of halogens is 5. The molecule has 0 spiro atoms. The van der Waals surface area contributed by atoms with E-state index in [1.807, 2.05) is 0 Å². The number of nitrogens with zero attached hydrogens (tertiary/aromatic N) is 3. The van der Waals surface area contributed by atoms with E-state index in [1.165, 1.54) is 27.9 Å². The second kappa shape index (κ2) is 12.9. The summed E-state index contributed by atoms with van der Waals surface area (Å²) in [5, 5.41) is 7.10. The van der Waals surface area contributed by atoms with Gasteiger partial charge in [-0.05, 0) is 62.8 Å². The van der Waals surface area contributed by atoms with Crippen LogP contribution in [0.1, 0.15) is 50.1 Å². The van der Waals surface area contributed by atoms with E-state index in [4.69, 9.17) is 25.8 Å². The van der Waals surface area contributed by atoms with Crippen LogP contribution in [0.2, 0.25) is 5.02 Å². The van der Waals surface area contributed by atoms with Crippen LogP contribution in [-0.2, 0) is 25.2 Å². The molecule has 5 rings (SSSR count). The topological polar surface area (TPSA) is 94.9 Å². The highest BCUT2D eigenvalue weighted by atomic mass is 35.5. The third-order valence-corrected chi connectivity index (χ3v) is 8.36.